The average Bonchev–Trinajstić information content (AvgIpc) is 2.81. The highest BCUT2D eigenvalue weighted by Gasteiger charge is 2.31. The van der Waals surface area contributed by atoms with Crippen molar-refractivity contribution >= 4 is 17.5 Å². The monoisotopic (exact) mass is 406 g/mol. The number of rotatable bonds is 4. The molecule has 1 saturated heterocycles. The lowest BCUT2D eigenvalue weighted by atomic mass is 10.2. The summed E-state index contributed by atoms with van der Waals surface area (Å²) in [5.41, 5.74) is 1.61. The van der Waals surface area contributed by atoms with Crippen molar-refractivity contribution < 1.29 is 9.53 Å². The molecular weight excluding hydrogens is 384 g/mol. The molecule has 1 aliphatic rings. The van der Waals surface area contributed by atoms with E-state index in [2.05, 4.69) is 15.0 Å². The Morgan fingerprint density at radius 3 is 2.73 bits per heavy atom. The van der Waals surface area contributed by atoms with E-state index in [-0.39, 0.29) is 11.5 Å². The first kappa shape index (κ1) is 19.7. The van der Waals surface area contributed by atoms with Crippen LogP contribution in [0.3, 0.4) is 0 Å². The lowest BCUT2D eigenvalue weighted by molar-refractivity contribution is -0.130. The minimum Gasteiger partial charge on any atom is -0.365 e. The molecule has 4 rings (SSSR count). The number of hydrogen-bond acceptors (Lipinski definition) is 7. The molecule has 0 bridgehead atoms. The van der Waals surface area contributed by atoms with E-state index in [1.165, 1.54) is 17.0 Å². The first-order valence-corrected chi connectivity index (χ1v) is 9.58. The van der Waals surface area contributed by atoms with Crippen molar-refractivity contribution in [3.63, 3.8) is 0 Å². The second kappa shape index (κ2) is 8.42. The molecule has 0 N–H and O–H groups in total. The molecular formula is C21H22N6O3. The van der Waals surface area contributed by atoms with Crippen LogP contribution in [0.25, 0.3) is 11.4 Å². The van der Waals surface area contributed by atoms with Crippen molar-refractivity contribution in [3.05, 3.63) is 65.3 Å². The van der Waals surface area contributed by atoms with E-state index in [9.17, 15) is 9.59 Å². The summed E-state index contributed by atoms with van der Waals surface area (Å²) in [5, 5.41) is 0. The molecule has 3 heterocycles. The normalized spacial score (nSPS) is 16.3. The second-order valence-electron chi connectivity index (χ2n) is 6.97. The van der Waals surface area contributed by atoms with Gasteiger partial charge in [-0.2, -0.15) is 0 Å². The summed E-state index contributed by atoms with van der Waals surface area (Å²) in [5.74, 6) is 0.322. The minimum absolute atomic E-state index is 0.150. The van der Waals surface area contributed by atoms with E-state index in [1.807, 2.05) is 35.2 Å². The highest BCUT2D eigenvalue weighted by atomic mass is 16.5. The number of para-hydroxylation sites is 1. The lowest BCUT2D eigenvalue weighted by Gasteiger charge is -2.35. The van der Waals surface area contributed by atoms with E-state index in [0.717, 1.165) is 5.69 Å². The van der Waals surface area contributed by atoms with E-state index in [1.54, 1.807) is 31.3 Å². The Hall–Kier alpha value is -3.59. The number of aromatic nitrogens is 4. The number of ether oxygens (including phenoxy) is 1. The summed E-state index contributed by atoms with van der Waals surface area (Å²) in [4.78, 5) is 41.7. The van der Waals surface area contributed by atoms with Crippen LogP contribution in [0.5, 0.6) is 0 Å². The van der Waals surface area contributed by atoms with Gasteiger partial charge in [-0.05, 0) is 18.2 Å². The van der Waals surface area contributed by atoms with Crippen LogP contribution in [-0.2, 0) is 16.6 Å². The van der Waals surface area contributed by atoms with Crippen LogP contribution < -0.4 is 15.4 Å². The number of carbonyl (C=O) groups is 1. The molecule has 1 aliphatic heterocycles. The van der Waals surface area contributed by atoms with Crippen LogP contribution in [0, 0.1) is 0 Å². The van der Waals surface area contributed by atoms with Crippen LogP contribution in [0.4, 0.5) is 11.6 Å². The van der Waals surface area contributed by atoms with Gasteiger partial charge in [-0.1, -0.05) is 18.2 Å². The highest BCUT2D eigenvalue weighted by molar-refractivity contribution is 5.96. The van der Waals surface area contributed by atoms with Crippen LogP contribution in [0.15, 0.2) is 59.8 Å². The molecule has 30 heavy (non-hydrogen) atoms. The van der Waals surface area contributed by atoms with Gasteiger partial charge in [0, 0.05) is 38.6 Å². The Kier molecular flexibility index (Phi) is 5.53. The van der Waals surface area contributed by atoms with Gasteiger partial charge in [-0.25, -0.2) is 15.0 Å². The van der Waals surface area contributed by atoms with Gasteiger partial charge in [0.15, 0.2) is 6.10 Å². The first-order valence-electron chi connectivity index (χ1n) is 9.58. The van der Waals surface area contributed by atoms with E-state index >= 15 is 0 Å². The standard InChI is InChI=1S/C21H22N6O3/c1-25(15-6-4-3-5-7-15)20(29)18-13-27(10-11-30-18)21-24-17(12-19(28)26(21)2)16-8-9-22-14-23-16/h3-9,12,14,18H,10-11,13H2,1-2H3. The molecule has 1 atom stereocenters. The van der Waals surface area contributed by atoms with Gasteiger partial charge >= 0.3 is 0 Å². The number of carbonyl (C=O) groups excluding carboxylic acids is 1. The van der Waals surface area contributed by atoms with Gasteiger partial charge in [0.2, 0.25) is 5.95 Å². The summed E-state index contributed by atoms with van der Waals surface area (Å²) < 4.78 is 7.22. The molecule has 0 radical (unpaired) electrons. The Balaban J connectivity index is 1.60. The summed E-state index contributed by atoms with van der Waals surface area (Å²) in [6.45, 7) is 1.17. The molecule has 0 aliphatic carbocycles. The number of anilines is 2. The van der Waals surface area contributed by atoms with Gasteiger partial charge in [0.25, 0.3) is 11.5 Å². The van der Waals surface area contributed by atoms with Crippen molar-refractivity contribution in [2.24, 2.45) is 7.05 Å². The Bertz CT molecular complexity index is 1090. The van der Waals surface area contributed by atoms with E-state index in [4.69, 9.17) is 4.74 Å². The number of likely N-dealkylation sites (N-methyl/N-ethyl adjacent to an activating group) is 1. The second-order valence-corrected chi connectivity index (χ2v) is 6.97. The smallest absolute Gasteiger partial charge is 0.257 e. The molecule has 0 saturated carbocycles. The van der Waals surface area contributed by atoms with E-state index in [0.29, 0.717) is 37.0 Å². The molecule has 2 aromatic heterocycles. The fourth-order valence-corrected chi connectivity index (χ4v) is 3.36. The Morgan fingerprint density at radius 1 is 1.20 bits per heavy atom. The molecule has 1 amide bonds. The van der Waals surface area contributed by atoms with Crippen LogP contribution in [0.1, 0.15) is 0 Å². The third-order valence-electron chi connectivity index (χ3n) is 5.05. The van der Waals surface area contributed by atoms with Crippen molar-refractivity contribution in [1.82, 2.24) is 19.5 Å². The van der Waals surface area contributed by atoms with Crippen molar-refractivity contribution in [2.45, 2.75) is 6.10 Å². The van der Waals surface area contributed by atoms with Crippen molar-refractivity contribution in [2.75, 3.05) is 36.5 Å². The van der Waals surface area contributed by atoms with Gasteiger partial charge in [-0.3, -0.25) is 14.2 Å². The topological polar surface area (TPSA) is 93.5 Å². The zero-order chi connectivity index (χ0) is 21.1. The quantitative estimate of drug-likeness (QED) is 0.641. The summed E-state index contributed by atoms with van der Waals surface area (Å²) in [6.07, 6.45) is 2.35. The largest absolute Gasteiger partial charge is 0.365 e. The number of benzene rings is 1. The van der Waals surface area contributed by atoms with Crippen LogP contribution in [-0.4, -0.2) is 58.3 Å². The molecule has 1 aromatic carbocycles. The fraction of sp³-hybridized carbons (Fsp3) is 0.286. The van der Waals surface area contributed by atoms with Crippen molar-refractivity contribution in [3.8, 4) is 11.4 Å². The maximum absolute atomic E-state index is 13.0. The van der Waals surface area contributed by atoms with Gasteiger partial charge in [0.1, 0.15) is 6.33 Å². The minimum atomic E-state index is -0.663. The summed E-state index contributed by atoms with van der Waals surface area (Å²) >= 11 is 0. The number of morpholine rings is 1. The third-order valence-corrected chi connectivity index (χ3v) is 5.05. The SMILES string of the molecule is CN(C(=O)C1CN(c2nc(-c3ccncn3)cc(=O)n2C)CCO1)c1ccccc1. The average molecular weight is 406 g/mol. The van der Waals surface area contributed by atoms with Crippen LogP contribution >= 0.6 is 0 Å². The predicted molar refractivity (Wildman–Crippen MR) is 112 cm³/mol. The van der Waals surface area contributed by atoms with Gasteiger partial charge < -0.3 is 14.5 Å². The summed E-state index contributed by atoms with van der Waals surface area (Å²) in [6, 6.07) is 12.5. The van der Waals surface area contributed by atoms with Crippen molar-refractivity contribution in [1.29, 1.82) is 0 Å². The predicted octanol–water partition coefficient (Wildman–Crippen LogP) is 1.11. The van der Waals surface area contributed by atoms with Gasteiger partial charge in [-0.15, -0.1) is 0 Å². The molecule has 1 fully saturated rings. The number of nitrogens with zero attached hydrogens (tertiary/aromatic N) is 6. The fourth-order valence-electron chi connectivity index (χ4n) is 3.36. The molecule has 1 unspecified atom stereocenters. The summed E-state index contributed by atoms with van der Waals surface area (Å²) in [7, 11) is 3.39. The molecule has 0 spiro atoms. The number of amides is 1. The molecule has 9 heteroatoms. The zero-order valence-corrected chi connectivity index (χ0v) is 16.8. The maximum Gasteiger partial charge on any atom is 0.257 e. The first-order chi connectivity index (χ1) is 14.5. The zero-order valence-electron chi connectivity index (χ0n) is 16.8. The molecule has 9 nitrogen and oxygen atoms in total. The third kappa shape index (κ3) is 3.92. The molecule has 3 aromatic rings. The lowest BCUT2D eigenvalue weighted by Crippen LogP contribution is -2.51. The highest BCUT2D eigenvalue weighted by Crippen LogP contribution is 2.20. The van der Waals surface area contributed by atoms with E-state index < -0.39 is 6.10 Å². The Labute approximate surface area is 173 Å². The molecule has 154 valence electrons. The van der Waals surface area contributed by atoms with Crippen LogP contribution in [0.2, 0.25) is 0 Å². The number of hydrogen-bond donors (Lipinski definition) is 0. The van der Waals surface area contributed by atoms with Gasteiger partial charge in [0.05, 0.1) is 24.5 Å². The maximum atomic E-state index is 13.0. The Morgan fingerprint density at radius 2 is 2.00 bits per heavy atom.